The topological polar surface area (TPSA) is 77.2 Å². The van der Waals surface area contributed by atoms with Crippen LogP contribution in [0.2, 0.25) is 0 Å². The van der Waals surface area contributed by atoms with Gasteiger partial charge in [0.2, 0.25) is 0 Å². The van der Waals surface area contributed by atoms with Gasteiger partial charge in [0.1, 0.15) is 0 Å². The maximum Gasteiger partial charge on any atom is 0.319 e. The number of amides is 2. The summed E-state index contributed by atoms with van der Waals surface area (Å²) in [4.78, 5) is 15.3. The molecule has 2 atom stereocenters. The number of aliphatic hydroxyl groups excluding tert-OH is 1. The molecule has 4 N–H and O–H groups in total. The number of anilines is 1. The molecule has 5 heteroatoms. The molecule has 2 amide bonds. The summed E-state index contributed by atoms with van der Waals surface area (Å²) in [5.74, 6) is 0.167. The van der Waals surface area contributed by atoms with Gasteiger partial charge in [-0.3, -0.25) is 0 Å². The number of urea groups is 1. The fraction of sp³-hybridized carbons (Fsp3) is 0.471. The first-order valence-corrected chi connectivity index (χ1v) is 8.02. The van der Waals surface area contributed by atoms with Crippen molar-refractivity contribution in [3.05, 3.63) is 30.5 Å². The second-order valence-corrected chi connectivity index (χ2v) is 6.07. The summed E-state index contributed by atoms with van der Waals surface area (Å²) < 4.78 is 0. The number of carbonyl (C=O) groups excluding carboxylic acids is 1. The van der Waals surface area contributed by atoms with Gasteiger partial charge >= 0.3 is 6.03 Å². The number of aliphatic hydroxyl groups is 1. The standard InChI is InChI=1S/C17H23N3O2/c21-11-13-4-2-1-3-5-16(13)20-17(22)19-14-6-7-15-12(10-14)8-9-18-15/h6-10,13,16,18,21H,1-5,11H2,(H2,19,20,22). The Hall–Kier alpha value is -2.01. The average molecular weight is 301 g/mol. The lowest BCUT2D eigenvalue weighted by atomic mass is 9.96. The molecule has 1 aromatic heterocycles. The van der Waals surface area contributed by atoms with Gasteiger partial charge in [-0.2, -0.15) is 0 Å². The maximum absolute atomic E-state index is 12.2. The van der Waals surface area contributed by atoms with Crippen molar-refractivity contribution in [2.45, 2.75) is 38.1 Å². The highest BCUT2D eigenvalue weighted by Crippen LogP contribution is 2.23. The highest BCUT2D eigenvalue weighted by Gasteiger charge is 2.24. The highest BCUT2D eigenvalue weighted by atomic mass is 16.3. The number of hydrogen-bond acceptors (Lipinski definition) is 2. The van der Waals surface area contributed by atoms with Crippen molar-refractivity contribution >= 4 is 22.6 Å². The molecule has 2 unspecified atom stereocenters. The van der Waals surface area contributed by atoms with E-state index in [1.807, 2.05) is 30.5 Å². The van der Waals surface area contributed by atoms with E-state index in [9.17, 15) is 9.90 Å². The van der Waals surface area contributed by atoms with Gasteiger partial charge in [0.15, 0.2) is 0 Å². The molecule has 2 aromatic rings. The summed E-state index contributed by atoms with van der Waals surface area (Å²) in [6.07, 6.45) is 7.23. The van der Waals surface area contributed by atoms with Crippen LogP contribution in [0.5, 0.6) is 0 Å². The molecule has 1 fully saturated rings. The van der Waals surface area contributed by atoms with Crippen LogP contribution in [0.1, 0.15) is 32.1 Å². The van der Waals surface area contributed by atoms with E-state index in [1.54, 1.807) is 0 Å². The van der Waals surface area contributed by atoms with Crippen molar-refractivity contribution < 1.29 is 9.90 Å². The minimum absolute atomic E-state index is 0.0588. The SMILES string of the molecule is O=C(Nc1ccc2[nH]ccc2c1)NC1CCCCCC1CO. The van der Waals surface area contributed by atoms with Gasteiger partial charge in [0, 0.05) is 41.4 Å². The van der Waals surface area contributed by atoms with Crippen LogP contribution in [-0.4, -0.2) is 28.8 Å². The number of rotatable bonds is 3. The van der Waals surface area contributed by atoms with E-state index in [0.717, 1.165) is 42.3 Å². The number of carbonyl (C=O) groups is 1. The third kappa shape index (κ3) is 3.42. The largest absolute Gasteiger partial charge is 0.396 e. The van der Waals surface area contributed by atoms with Gasteiger partial charge in [-0.15, -0.1) is 0 Å². The maximum atomic E-state index is 12.2. The molecule has 0 bridgehead atoms. The van der Waals surface area contributed by atoms with Crippen LogP contribution < -0.4 is 10.6 Å². The van der Waals surface area contributed by atoms with Gasteiger partial charge in [-0.1, -0.05) is 19.3 Å². The summed E-state index contributed by atoms with van der Waals surface area (Å²) in [5, 5.41) is 16.5. The van der Waals surface area contributed by atoms with E-state index in [1.165, 1.54) is 6.42 Å². The van der Waals surface area contributed by atoms with Crippen molar-refractivity contribution in [1.82, 2.24) is 10.3 Å². The van der Waals surface area contributed by atoms with Crippen LogP contribution in [0, 0.1) is 5.92 Å². The predicted octanol–water partition coefficient (Wildman–Crippen LogP) is 3.23. The summed E-state index contributed by atoms with van der Waals surface area (Å²) in [5.41, 5.74) is 1.83. The number of fused-ring (bicyclic) bond motifs is 1. The molecule has 1 aromatic carbocycles. The van der Waals surface area contributed by atoms with E-state index in [-0.39, 0.29) is 24.6 Å². The van der Waals surface area contributed by atoms with Crippen LogP contribution in [0.3, 0.4) is 0 Å². The van der Waals surface area contributed by atoms with Crippen LogP contribution in [0.4, 0.5) is 10.5 Å². The number of aromatic amines is 1. The van der Waals surface area contributed by atoms with E-state index >= 15 is 0 Å². The molecule has 3 rings (SSSR count). The number of benzene rings is 1. The molecule has 0 spiro atoms. The first-order chi connectivity index (χ1) is 10.8. The molecule has 1 aliphatic carbocycles. The summed E-state index contributed by atoms with van der Waals surface area (Å²) in [6.45, 7) is 0.139. The Balaban J connectivity index is 1.63. The number of H-pyrrole nitrogens is 1. The molecule has 1 aliphatic rings. The first-order valence-electron chi connectivity index (χ1n) is 8.02. The molecule has 0 saturated heterocycles. The molecule has 5 nitrogen and oxygen atoms in total. The lowest BCUT2D eigenvalue weighted by molar-refractivity contribution is 0.182. The van der Waals surface area contributed by atoms with Gasteiger partial charge < -0.3 is 20.7 Å². The van der Waals surface area contributed by atoms with Gasteiger partial charge in [-0.05, 0) is 37.1 Å². The lowest BCUT2D eigenvalue weighted by Gasteiger charge is -2.24. The van der Waals surface area contributed by atoms with Gasteiger partial charge in [0.25, 0.3) is 0 Å². The number of hydrogen-bond donors (Lipinski definition) is 4. The monoisotopic (exact) mass is 301 g/mol. The van der Waals surface area contributed by atoms with Crippen molar-refractivity contribution in [1.29, 1.82) is 0 Å². The molecule has 1 heterocycles. The van der Waals surface area contributed by atoms with Crippen LogP contribution in [-0.2, 0) is 0 Å². The Morgan fingerprint density at radius 2 is 2.09 bits per heavy atom. The summed E-state index contributed by atoms with van der Waals surface area (Å²) >= 11 is 0. The molecule has 0 radical (unpaired) electrons. The number of nitrogens with one attached hydrogen (secondary N) is 3. The molecule has 118 valence electrons. The Morgan fingerprint density at radius 1 is 1.23 bits per heavy atom. The zero-order valence-corrected chi connectivity index (χ0v) is 12.6. The van der Waals surface area contributed by atoms with E-state index in [2.05, 4.69) is 15.6 Å². The molecule has 1 saturated carbocycles. The predicted molar refractivity (Wildman–Crippen MR) is 87.9 cm³/mol. The van der Waals surface area contributed by atoms with E-state index in [0.29, 0.717) is 0 Å². The third-order valence-corrected chi connectivity index (χ3v) is 4.52. The highest BCUT2D eigenvalue weighted by molar-refractivity contribution is 5.92. The fourth-order valence-corrected chi connectivity index (χ4v) is 3.26. The van der Waals surface area contributed by atoms with Gasteiger partial charge in [-0.25, -0.2) is 4.79 Å². The van der Waals surface area contributed by atoms with Crippen LogP contribution in [0.25, 0.3) is 10.9 Å². The Kier molecular flexibility index (Phi) is 4.63. The lowest BCUT2D eigenvalue weighted by Crippen LogP contribution is -2.43. The second kappa shape index (κ2) is 6.83. The zero-order valence-electron chi connectivity index (χ0n) is 12.6. The quantitative estimate of drug-likeness (QED) is 0.657. The fourth-order valence-electron chi connectivity index (χ4n) is 3.26. The minimum Gasteiger partial charge on any atom is -0.396 e. The molecular formula is C17H23N3O2. The average Bonchev–Trinajstić information content (AvgIpc) is 2.86. The Bertz CT molecular complexity index is 638. The van der Waals surface area contributed by atoms with Crippen LogP contribution in [0.15, 0.2) is 30.5 Å². The molecular weight excluding hydrogens is 278 g/mol. The minimum atomic E-state index is -0.194. The number of aromatic nitrogens is 1. The molecule has 0 aliphatic heterocycles. The van der Waals surface area contributed by atoms with E-state index in [4.69, 9.17) is 0 Å². The second-order valence-electron chi connectivity index (χ2n) is 6.07. The smallest absolute Gasteiger partial charge is 0.319 e. The Labute approximate surface area is 130 Å². The summed E-state index contributed by atoms with van der Waals surface area (Å²) in [6, 6.07) is 7.62. The first kappa shape index (κ1) is 14.9. The van der Waals surface area contributed by atoms with Crippen LogP contribution >= 0.6 is 0 Å². The summed E-state index contributed by atoms with van der Waals surface area (Å²) in [7, 11) is 0. The van der Waals surface area contributed by atoms with E-state index < -0.39 is 0 Å². The normalized spacial score (nSPS) is 22.2. The van der Waals surface area contributed by atoms with Crippen molar-refractivity contribution in [2.24, 2.45) is 5.92 Å². The molecule has 22 heavy (non-hydrogen) atoms. The van der Waals surface area contributed by atoms with Crippen molar-refractivity contribution in [3.63, 3.8) is 0 Å². The van der Waals surface area contributed by atoms with Gasteiger partial charge in [0.05, 0.1) is 0 Å². The Morgan fingerprint density at radius 3 is 2.95 bits per heavy atom. The van der Waals surface area contributed by atoms with Crippen molar-refractivity contribution in [3.8, 4) is 0 Å². The zero-order chi connectivity index (χ0) is 15.4. The van der Waals surface area contributed by atoms with Crippen molar-refractivity contribution in [2.75, 3.05) is 11.9 Å². The third-order valence-electron chi connectivity index (χ3n) is 4.52.